The van der Waals surface area contributed by atoms with Crippen LogP contribution in [-0.4, -0.2) is 50.7 Å². The summed E-state index contributed by atoms with van der Waals surface area (Å²) in [7, 11) is -3.64. The first-order valence-corrected chi connectivity index (χ1v) is 16.6. The quantitative estimate of drug-likeness (QED) is 0.165. The average molecular weight is 635 g/mol. The van der Waals surface area contributed by atoms with Crippen LogP contribution in [0.2, 0.25) is 5.02 Å². The maximum absolute atomic E-state index is 13.5. The third kappa shape index (κ3) is 5.82. The monoisotopic (exact) mass is 634 g/mol. The van der Waals surface area contributed by atoms with Crippen LogP contribution in [0.3, 0.4) is 0 Å². The number of nitrogens with zero attached hydrogens (tertiary/aromatic N) is 4. The molecule has 6 rings (SSSR count). The number of sulfonamides is 1. The second-order valence-electron chi connectivity index (χ2n) is 10.1. The Kier molecular flexibility index (Phi) is 8.33. The number of amides is 1. The Hall–Kier alpha value is -3.28. The van der Waals surface area contributed by atoms with Gasteiger partial charge in [-0.15, -0.1) is 0 Å². The molecule has 42 heavy (non-hydrogen) atoms. The molecule has 0 bridgehead atoms. The van der Waals surface area contributed by atoms with E-state index in [0.29, 0.717) is 44.2 Å². The Labute approximate surface area is 259 Å². The van der Waals surface area contributed by atoms with Gasteiger partial charge in [0.15, 0.2) is 0 Å². The second-order valence-corrected chi connectivity index (χ2v) is 14.1. The number of hydrogen-bond donors (Lipinski definition) is 0. The second kappa shape index (κ2) is 12.1. The maximum Gasteiger partial charge on any atom is 0.266 e. The summed E-state index contributed by atoms with van der Waals surface area (Å²) >= 11 is 13.1. The lowest BCUT2D eigenvalue weighted by Crippen LogP contribution is -2.35. The normalized spacial score (nSPS) is 17.4. The number of thioether (sulfide) groups is 1. The van der Waals surface area contributed by atoms with Gasteiger partial charge in [-0.1, -0.05) is 90.5 Å². The largest absolute Gasteiger partial charge is 0.288 e. The molecule has 2 saturated heterocycles. The third-order valence-electron chi connectivity index (χ3n) is 7.27. The number of piperidine rings is 1. The van der Waals surface area contributed by atoms with Gasteiger partial charge < -0.3 is 0 Å². The lowest BCUT2D eigenvalue weighted by Gasteiger charge is -2.26. The Balaban J connectivity index is 1.39. The van der Waals surface area contributed by atoms with Crippen molar-refractivity contribution in [3.05, 3.63) is 106 Å². The zero-order valence-electron chi connectivity index (χ0n) is 22.5. The molecule has 0 saturated carbocycles. The van der Waals surface area contributed by atoms with E-state index >= 15 is 0 Å². The first kappa shape index (κ1) is 28.8. The number of carbonyl (C=O) groups is 1. The van der Waals surface area contributed by atoms with E-state index in [1.807, 2.05) is 60.8 Å². The molecule has 0 aliphatic carbocycles. The summed E-state index contributed by atoms with van der Waals surface area (Å²) in [5, 5.41) is 5.42. The number of benzene rings is 3. The molecule has 3 heterocycles. The van der Waals surface area contributed by atoms with E-state index in [1.165, 1.54) is 11.8 Å². The molecule has 2 fully saturated rings. The van der Waals surface area contributed by atoms with Crippen LogP contribution in [-0.2, 0) is 21.4 Å². The summed E-state index contributed by atoms with van der Waals surface area (Å²) in [5.74, 6) is -0.218. The number of rotatable bonds is 7. The minimum Gasteiger partial charge on any atom is -0.288 e. The molecule has 1 amide bonds. The van der Waals surface area contributed by atoms with Gasteiger partial charge in [-0.05, 0) is 54.8 Å². The van der Waals surface area contributed by atoms with E-state index in [9.17, 15) is 13.2 Å². The van der Waals surface area contributed by atoms with Gasteiger partial charge in [0.25, 0.3) is 5.91 Å². The molecule has 3 aromatic carbocycles. The maximum atomic E-state index is 13.5. The molecule has 214 valence electrons. The molecule has 0 N–H and O–H groups in total. The zero-order chi connectivity index (χ0) is 29.3. The van der Waals surface area contributed by atoms with Crippen LogP contribution in [0.25, 0.3) is 23.0 Å². The van der Waals surface area contributed by atoms with E-state index in [1.54, 1.807) is 44.2 Å². The van der Waals surface area contributed by atoms with Gasteiger partial charge in [0.05, 0.1) is 22.0 Å². The fourth-order valence-corrected chi connectivity index (χ4v) is 8.07. The predicted molar refractivity (Wildman–Crippen MR) is 172 cm³/mol. The van der Waals surface area contributed by atoms with Crippen molar-refractivity contribution in [1.29, 1.82) is 0 Å². The Morgan fingerprint density at radius 1 is 0.952 bits per heavy atom. The van der Waals surface area contributed by atoms with Crippen molar-refractivity contribution < 1.29 is 13.2 Å². The molecule has 0 atom stereocenters. The first-order valence-electron chi connectivity index (χ1n) is 13.6. The molecule has 0 unspecified atom stereocenters. The van der Waals surface area contributed by atoms with E-state index < -0.39 is 10.0 Å². The minimum atomic E-state index is -3.64. The number of halogens is 1. The van der Waals surface area contributed by atoms with Crippen LogP contribution in [0.15, 0.2) is 94.9 Å². The molecule has 0 spiro atoms. The lowest BCUT2D eigenvalue weighted by molar-refractivity contribution is -0.122. The summed E-state index contributed by atoms with van der Waals surface area (Å²) in [6.45, 7) is 1.32. The topological polar surface area (TPSA) is 75.5 Å². The Bertz CT molecular complexity index is 1800. The van der Waals surface area contributed by atoms with Crippen molar-refractivity contribution in [2.75, 3.05) is 13.1 Å². The SMILES string of the molecule is O=C1/C(=C/c2cn(-c3ccccc3)nc2-c2cccc(S(=O)(=O)N3CCCCC3)c2)SC(=S)N1Cc1ccccc1Cl. The highest BCUT2D eigenvalue weighted by molar-refractivity contribution is 8.26. The molecule has 2 aliphatic rings. The number of carbonyl (C=O) groups excluding carboxylic acids is 1. The van der Waals surface area contributed by atoms with Crippen LogP contribution in [0, 0.1) is 0 Å². The van der Waals surface area contributed by atoms with E-state index in [-0.39, 0.29) is 17.3 Å². The Morgan fingerprint density at radius 2 is 1.69 bits per heavy atom. The van der Waals surface area contributed by atoms with Crippen molar-refractivity contribution in [3.63, 3.8) is 0 Å². The Morgan fingerprint density at radius 3 is 2.45 bits per heavy atom. The molecule has 11 heteroatoms. The summed E-state index contributed by atoms with van der Waals surface area (Å²) in [5.41, 5.74) is 3.51. The van der Waals surface area contributed by atoms with Gasteiger partial charge in [0, 0.05) is 35.4 Å². The van der Waals surface area contributed by atoms with Crippen molar-refractivity contribution in [3.8, 4) is 16.9 Å². The number of thiocarbonyl (C=S) groups is 1. The summed E-state index contributed by atoms with van der Waals surface area (Å²) < 4.78 is 30.7. The fourth-order valence-electron chi connectivity index (χ4n) is 5.06. The van der Waals surface area contributed by atoms with E-state index in [4.69, 9.17) is 28.9 Å². The van der Waals surface area contributed by atoms with Crippen molar-refractivity contribution >= 4 is 61.9 Å². The van der Waals surface area contributed by atoms with Gasteiger partial charge in [-0.25, -0.2) is 13.1 Å². The molecule has 7 nitrogen and oxygen atoms in total. The smallest absolute Gasteiger partial charge is 0.266 e. The van der Waals surface area contributed by atoms with Gasteiger partial charge in [0.1, 0.15) is 10.0 Å². The highest BCUT2D eigenvalue weighted by Gasteiger charge is 2.33. The van der Waals surface area contributed by atoms with Gasteiger partial charge in [-0.2, -0.15) is 9.40 Å². The van der Waals surface area contributed by atoms with Crippen LogP contribution in [0.5, 0.6) is 0 Å². The number of aromatic nitrogens is 2. The number of para-hydroxylation sites is 1. The standard InChI is InChI=1S/C31H27ClN4O3S3/c32-27-15-6-5-10-23(27)20-35-30(37)28(41-31(35)40)19-24-21-36(25-12-3-1-4-13-25)33-29(24)22-11-9-14-26(18-22)42(38,39)34-16-7-2-8-17-34/h1,3-6,9-15,18-19,21H,2,7-8,16-17,20H2/b28-19-. The van der Waals surface area contributed by atoms with Crippen molar-refractivity contribution in [2.24, 2.45) is 0 Å². The highest BCUT2D eigenvalue weighted by Crippen LogP contribution is 2.37. The van der Waals surface area contributed by atoms with Crippen LogP contribution < -0.4 is 0 Å². The lowest BCUT2D eigenvalue weighted by atomic mass is 10.1. The van der Waals surface area contributed by atoms with Crippen LogP contribution in [0.1, 0.15) is 30.4 Å². The molecule has 4 aromatic rings. The predicted octanol–water partition coefficient (Wildman–Crippen LogP) is 6.77. The molecule has 2 aliphatic heterocycles. The van der Waals surface area contributed by atoms with Crippen LogP contribution >= 0.6 is 35.6 Å². The summed E-state index contributed by atoms with van der Waals surface area (Å²) in [6.07, 6.45) is 6.38. The van der Waals surface area contributed by atoms with E-state index in [0.717, 1.165) is 30.5 Å². The number of hydrogen-bond acceptors (Lipinski definition) is 6. The van der Waals surface area contributed by atoms with Gasteiger partial charge in [-0.3, -0.25) is 9.69 Å². The first-order chi connectivity index (χ1) is 20.3. The third-order valence-corrected chi connectivity index (χ3v) is 10.9. The van der Waals surface area contributed by atoms with Gasteiger partial charge in [0.2, 0.25) is 10.0 Å². The van der Waals surface area contributed by atoms with Gasteiger partial charge >= 0.3 is 0 Å². The summed E-state index contributed by atoms with van der Waals surface area (Å²) in [6, 6.07) is 23.9. The molecule has 1 aromatic heterocycles. The summed E-state index contributed by atoms with van der Waals surface area (Å²) in [4.78, 5) is 15.7. The van der Waals surface area contributed by atoms with Crippen molar-refractivity contribution in [2.45, 2.75) is 30.7 Å². The minimum absolute atomic E-state index is 0.218. The fraction of sp³-hybridized carbons (Fsp3) is 0.194. The van der Waals surface area contributed by atoms with Crippen LogP contribution in [0.4, 0.5) is 0 Å². The van der Waals surface area contributed by atoms with Crippen molar-refractivity contribution in [1.82, 2.24) is 19.0 Å². The molecular weight excluding hydrogens is 608 g/mol. The zero-order valence-corrected chi connectivity index (χ0v) is 25.7. The van der Waals surface area contributed by atoms with E-state index in [2.05, 4.69) is 0 Å². The average Bonchev–Trinajstić information content (AvgIpc) is 3.55. The highest BCUT2D eigenvalue weighted by atomic mass is 35.5. The molecule has 0 radical (unpaired) electrons. The molecular formula is C31H27ClN4O3S3.